The van der Waals surface area contributed by atoms with Gasteiger partial charge in [-0.15, -0.1) is 0 Å². The Morgan fingerprint density at radius 1 is 1.05 bits per heavy atom. The van der Waals surface area contributed by atoms with E-state index in [2.05, 4.69) is 13.8 Å². The summed E-state index contributed by atoms with van der Waals surface area (Å²) in [5.74, 6) is 0.400. The van der Waals surface area contributed by atoms with Crippen molar-refractivity contribution in [2.24, 2.45) is 17.1 Å². The maximum atomic E-state index is 11.8. The first kappa shape index (κ1) is 15.3. The Hall–Kier alpha value is -0.0900. The molecule has 4 heteroatoms. The lowest BCUT2D eigenvalue weighted by Crippen LogP contribution is -2.53. The van der Waals surface area contributed by atoms with Gasteiger partial charge in [0.2, 0.25) is 0 Å². The average molecular weight is 287 g/mol. The van der Waals surface area contributed by atoms with Crippen LogP contribution in [-0.4, -0.2) is 25.5 Å². The molecule has 2 aliphatic carbocycles. The monoisotopic (exact) mass is 287 g/mol. The number of hydrogen-bond donors (Lipinski definition) is 1. The average Bonchev–Trinajstić information content (AvgIpc) is 2.33. The highest BCUT2D eigenvalue weighted by atomic mass is 32.2. The van der Waals surface area contributed by atoms with E-state index in [1.54, 1.807) is 0 Å². The van der Waals surface area contributed by atoms with Crippen LogP contribution in [0.15, 0.2) is 0 Å². The molecular weight excluding hydrogens is 258 g/mol. The van der Waals surface area contributed by atoms with Gasteiger partial charge in [0.15, 0.2) is 0 Å². The lowest BCUT2D eigenvalue weighted by atomic mass is 9.62. The third kappa shape index (κ3) is 3.52. The van der Waals surface area contributed by atoms with E-state index in [4.69, 9.17) is 5.73 Å². The minimum atomic E-state index is -2.90. The molecule has 112 valence electrons. The van der Waals surface area contributed by atoms with Crippen molar-refractivity contribution < 1.29 is 8.42 Å². The predicted octanol–water partition coefficient (Wildman–Crippen LogP) is 2.89. The second-order valence-corrected chi connectivity index (χ2v) is 10.0. The summed E-state index contributed by atoms with van der Waals surface area (Å²) < 4.78 is 23.6. The molecule has 2 saturated carbocycles. The summed E-state index contributed by atoms with van der Waals surface area (Å²) in [7, 11) is -2.90. The van der Waals surface area contributed by atoms with Crippen LogP contribution in [0.1, 0.15) is 65.2 Å². The molecule has 2 atom stereocenters. The maximum absolute atomic E-state index is 11.8. The number of nitrogens with two attached hydrogens (primary N) is 1. The van der Waals surface area contributed by atoms with Gasteiger partial charge in [-0.2, -0.15) is 0 Å². The van der Waals surface area contributed by atoms with Gasteiger partial charge in [0, 0.05) is 11.8 Å². The van der Waals surface area contributed by atoms with E-state index in [0.29, 0.717) is 11.3 Å². The SMILES string of the molecule is CC1(C)CCC(N)(C2CCCC(S(C)(=O)=O)C2)CC1. The molecule has 3 nitrogen and oxygen atoms in total. The number of sulfone groups is 1. The van der Waals surface area contributed by atoms with Crippen LogP contribution in [-0.2, 0) is 9.84 Å². The lowest BCUT2D eigenvalue weighted by Gasteiger charge is -2.48. The van der Waals surface area contributed by atoms with E-state index in [1.165, 1.54) is 19.1 Å². The van der Waals surface area contributed by atoms with Crippen LogP contribution >= 0.6 is 0 Å². The topological polar surface area (TPSA) is 60.2 Å². The van der Waals surface area contributed by atoms with E-state index >= 15 is 0 Å². The second kappa shape index (κ2) is 5.03. The second-order valence-electron chi connectivity index (χ2n) is 7.71. The molecule has 0 saturated heterocycles. The first-order valence-corrected chi connectivity index (χ1v) is 9.56. The van der Waals surface area contributed by atoms with Gasteiger partial charge in [0.05, 0.1) is 5.25 Å². The quantitative estimate of drug-likeness (QED) is 0.849. The molecule has 19 heavy (non-hydrogen) atoms. The molecule has 0 heterocycles. The third-order valence-corrected chi connectivity index (χ3v) is 7.22. The van der Waals surface area contributed by atoms with Crippen LogP contribution < -0.4 is 5.73 Å². The zero-order chi connectivity index (χ0) is 14.3. The Morgan fingerprint density at radius 2 is 1.63 bits per heavy atom. The van der Waals surface area contributed by atoms with Gasteiger partial charge in [0.25, 0.3) is 0 Å². The molecule has 0 radical (unpaired) electrons. The van der Waals surface area contributed by atoms with Crippen LogP contribution in [0, 0.1) is 11.3 Å². The summed E-state index contributed by atoms with van der Waals surface area (Å²) >= 11 is 0. The van der Waals surface area contributed by atoms with Gasteiger partial charge in [-0.05, 0) is 56.3 Å². The molecule has 2 aliphatic rings. The molecule has 2 N–H and O–H groups in total. The fourth-order valence-electron chi connectivity index (χ4n) is 3.86. The molecule has 0 aromatic rings. The highest BCUT2D eigenvalue weighted by Gasteiger charge is 2.43. The Bertz CT molecular complexity index is 417. The van der Waals surface area contributed by atoms with Crippen molar-refractivity contribution in [1.29, 1.82) is 0 Å². The summed E-state index contributed by atoms with van der Waals surface area (Å²) in [6.07, 6.45) is 9.59. The van der Waals surface area contributed by atoms with E-state index in [9.17, 15) is 8.42 Å². The van der Waals surface area contributed by atoms with E-state index in [0.717, 1.165) is 38.5 Å². The highest BCUT2D eigenvalue weighted by Crippen LogP contribution is 2.46. The van der Waals surface area contributed by atoms with Gasteiger partial charge >= 0.3 is 0 Å². The maximum Gasteiger partial charge on any atom is 0.150 e. The molecule has 0 spiro atoms. The zero-order valence-corrected chi connectivity index (χ0v) is 13.4. The Kier molecular flexibility index (Phi) is 4.05. The summed E-state index contributed by atoms with van der Waals surface area (Å²) in [6, 6.07) is 0. The molecule has 2 fully saturated rings. The fraction of sp³-hybridized carbons (Fsp3) is 1.00. The number of hydrogen-bond acceptors (Lipinski definition) is 3. The third-order valence-electron chi connectivity index (χ3n) is 5.58. The van der Waals surface area contributed by atoms with Crippen molar-refractivity contribution in [3.63, 3.8) is 0 Å². The van der Waals surface area contributed by atoms with E-state index in [-0.39, 0.29) is 10.8 Å². The molecule has 0 aromatic carbocycles. The summed E-state index contributed by atoms with van der Waals surface area (Å²) in [5.41, 5.74) is 6.96. The van der Waals surface area contributed by atoms with Crippen LogP contribution in [0.3, 0.4) is 0 Å². The van der Waals surface area contributed by atoms with Crippen LogP contribution in [0.25, 0.3) is 0 Å². The number of rotatable bonds is 2. The standard InChI is InChI=1S/C15H29NO2S/c1-14(2)7-9-15(16,10-8-14)12-5-4-6-13(11-12)19(3,17)18/h12-13H,4-11,16H2,1-3H3. The first-order chi connectivity index (χ1) is 8.62. The Balaban J connectivity index is 2.05. The summed E-state index contributed by atoms with van der Waals surface area (Å²) in [4.78, 5) is 0. The molecule has 2 unspecified atom stereocenters. The predicted molar refractivity (Wildman–Crippen MR) is 79.8 cm³/mol. The first-order valence-electron chi connectivity index (χ1n) is 7.60. The van der Waals surface area contributed by atoms with Crippen LogP contribution in [0.5, 0.6) is 0 Å². The molecule has 0 aromatic heterocycles. The van der Waals surface area contributed by atoms with E-state index < -0.39 is 9.84 Å². The van der Waals surface area contributed by atoms with Gasteiger partial charge in [0.1, 0.15) is 9.84 Å². The molecule has 2 rings (SSSR count). The van der Waals surface area contributed by atoms with Crippen LogP contribution in [0.2, 0.25) is 0 Å². The molecule has 0 amide bonds. The Labute approximate surface area is 118 Å². The summed E-state index contributed by atoms with van der Waals surface area (Å²) in [5, 5.41) is -0.151. The summed E-state index contributed by atoms with van der Waals surface area (Å²) in [6.45, 7) is 4.62. The lowest BCUT2D eigenvalue weighted by molar-refractivity contribution is 0.0971. The van der Waals surface area contributed by atoms with Crippen molar-refractivity contribution in [2.45, 2.75) is 76.0 Å². The van der Waals surface area contributed by atoms with E-state index in [1.807, 2.05) is 0 Å². The minimum Gasteiger partial charge on any atom is -0.325 e. The minimum absolute atomic E-state index is 0.112. The van der Waals surface area contributed by atoms with Crippen molar-refractivity contribution in [2.75, 3.05) is 6.26 Å². The van der Waals surface area contributed by atoms with Gasteiger partial charge < -0.3 is 5.73 Å². The van der Waals surface area contributed by atoms with Gasteiger partial charge in [-0.3, -0.25) is 0 Å². The fourth-order valence-corrected chi connectivity index (χ4v) is 5.03. The molecule has 0 aliphatic heterocycles. The molecule has 0 bridgehead atoms. The smallest absolute Gasteiger partial charge is 0.150 e. The van der Waals surface area contributed by atoms with Gasteiger partial charge in [-0.25, -0.2) is 8.42 Å². The molecular formula is C15H29NO2S. The van der Waals surface area contributed by atoms with Crippen molar-refractivity contribution in [3.05, 3.63) is 0 Å². The van der Waals surface area contributed by atoms with Crippen LogP contribution in [0.4, 0.5) is 0 Å². The largest absolute Gasteiger partial charge is 0.325 e. The zero-order valence-electron chi connectivity index (χ0n) is 12.6. The Morgan fingerprint density at radius 3 is 2.16 bits per heavy atom. The normalized spacial score (nSPS) is 34.9. The van der Waals surface area contributed by atoms with Crippen molar-refractivity contribution in [1.82, 2.24) is 0 Å². The van der Waals surface area contributed by atoms with Gasteiger partial charge in [-0.1, -0.05) is 20.3 Å². The van der Waals surface area contributed by atoms with Crippen molar-refractivity contribution in [3.8, 4) is 0 Å². The highest BCUT2D eigenvalue weighted by molar-refractivity contribution is 7.91. The van der Waals surface area contributed by atoms with Crippen molar-refractivity contribution >= 4 is 9.84 Å².